The second-order valence-electron chi connectivity index (χ2n) is 12.8. The Morgan fingerprint density at radius 2 is 0.596 bits per heavy atom. The highest BCUT2D eigenvalue weighted by Crippen LogP contribution is 2.13. The number of hydrogen-bond donors (Lipinski definition) is 0. The van der Waals surface area contributed by atoms with Gasteiger partial charge in [-0.2, -0.15) is 0 Å². The van der Waals surface area contributed by atoms with E-state index in [0.29, 0.717) is 125 Å². The first kappa shape index (κ1) is 51.4. The van der Waals surface area contributed by atoms with Gasteiger partial charge in [0.1, 0.15) is 6.61 Å². The van der Waals surface area contributed by atoms with Crippen LogP contribution in [-0.4, -0.2) is 137 Å². The highest BCUT2D eigenvalue weighted by molar-refractivity contribution is 6.17. The van der Waals surface area contributed by atoms with Crippen LogP contribution in [0.3, 0.4) is 0 Å². The van der Waals surface area contributed by atoms with Crippen molar-refractivity contribution in [1.29, 1.82) is 0 Å². The van der Waals surface area contributed by atoms with Gasteiger partial charge < -0.3 is 47.4 Å². The van der Waals surface area contributed by atoms with E-state index in [9.17, 15) is 4.79 Å². The number of carbonyl (C=O) groups is 1. The number of esters is 1. The van der Waals surface area contributed by atoms with Crippen molar-refractivity contribution in [3.05, 3.63) is 0 Å². The molecule has 0 unspecified atom stereocenters. The molecule has 0 radical (unpaired) electrons. The third kappa shape index (κ3) is 47.4. The van der Waals surface area contributed by atoms with E-state index in [2.05, 4.69) is 6.92 Å². The van der Waals surface area contributed by atoms with Gasteiger partial charge in [-0.15, -0.1) is 11.6 Å². The van der Waals surface area contributed by atoms with E-state index in [1.807, 2.05) is 0 Å². The Morgan fingerprint density at radius 1 is 0.327 bits per heavy atom. The Hall–Kier alpha value is -0.600. The van der Waals surface area contributed by atoms with Gasteiger partial charge in [-0.05, 0) is 19.3 Å². The molecular weight excluding hydrogens is 692 g/mol. The number of ether oxygens (including phenoxy) is 10. The van der Waals surface area contributed by atoms with E-state index in [0.717, 1.165) is 38.2 Å². The molecule has 312 valence electrons. The fraction of sp³-hybridized carbons (Fsp3) is 0.975. The van der Waals surface area contributed by atoms with Gasteiger partial charge in [0.05, 0.1) is 112 Å². The van der Waals surface area contributed by atoms with E-state index >= 15 is 0 Å². The predicted octanol–water partition coefficient (Wildman–Crippen LogP) is 7.96. The number of alkyl halides is 1. The van der Waals surface area contributed by atoms with Crippen molar-refractivity contribution < 1.29 is 52.2 Å². The molecule has 0 bridgehead atoms. The maximum atomic E-state index is 11.9. The molecule has 0 aliphatic rings. The Kier molecular flexibility index (Phi) is 47.9. The molecule has 0 aromatic carbocycles. The summed E-state index contributed by atoms with van der Waals surface area (Å²) in [5.74, 6) is 0.614. The minimum absolute atomic E-state index is 0.129. The number of rotatable bonds is 47. The van der Waals surface area contributed by atoms with E-state index in [1.54, 1.807) is 0 Å². The zero-order valence-corrected chi connectivity index (χ0v) is 34.0. The monoisotopic (exact) mass is 771 g/mol. The van der Waals surface area contributed by atoms with E-state index in [1.165, 1.54) is 83.5 Å². The van der Waals surface area contributed by atoms with Gasteiger partial charge >= 0.3 is 5.97 Å². The molecule has 0 aliphatic heterocycles. The normalized spacial score (nSPS) is 11.5. The zero-order valence-electron chi connectivity index (χ0n) is 33.2. The lowest BCUT2D eigenvalue weighted by Crippen LogP contribution is -2.15. The van der Waals surface area contributed by atoms with Crippen molar-refractivity contribution >= 4 is 17.6 Å². The summed E-state index contributed by atoms with van der Waals surface area (Å²) in [7, 11) is 0. The Morgan fingerprint density at radius 3 is 0.942 bits per heavy atom. The van der Waals surface area contributed by atoms with Gasteiger partial charge in [0.15, 0.2) is 0 Å². The molecule has 0 saturated heterocycles. The lowest BCUT2D eigenvalue weighted by atomic mass is 10.0. The second-order valence-corrected chi connectivity index (χ2v) is 13.2. The van der Waals surface area contributed by atoms with E-state index in [4.69, 9.17) is 59.0 Å². The summed E-state index contributed by atoms with van der Waals surface area (Å²) in [6, 6.07) is 0. The topological polar surface area (TPSA) is 109 Å². The molecule has 0 amide bonds. The maximum Gasteiger partial charge on any atom is 0.305 e. The minimum Gasteiger partial charge on any atom is -0.463 e. The molecule has 0 aliphatic carbocycles. The Labute approximate surface area is 323 Å². The predicted molar refractivity (Wildman–Crippen MR) is 208 cm³/mol. The van der Waals surface area contributed by atoms with Crippen LogP contribution in [0.4, 0.5) is 0 Å². The first-order valence-corrected chi connectivity index (χ1v) is 21.3. The van der Waals surface area contributed by atoms with Crippen LogP contribution < -0.4 is 0 Å². The molecule has 0 aromatic heterocycles. The number of unbranched alkanes of at least 4 members (excludes halogenated alkanes) is 15. The van der Waals surface area contributed by atoms with Crippen molar-refractivity contribution in [1.82, 2.24) is 0 Å². The van der Waals surface area contributed by atoms with E-state index < -0.39 is 0 Å². The molecule has 0 saturated carbocycles. The fourth-order valence-electron chi connectivity index (χ4n) is 5.09. The summed E-state index contributed by atoms with van der Waals surface area (Å²) in [6.45, 7) is 12.1. The largest absolute Gasteiger partial charge is 0.463 e. The summed E-state index contributed by atoms with van der Waals surface area (Å²) >= 11 is 5.66. The van der Waals surface area contributed by atoms with Crippen LogP contribution in [-0.2, 0) is 52.2 Å². The molecular formula is C40H79ClO11. The van der Waals surface area contributed by atoms with Gasteiger partial charge in [-0.3, -0.25) is 4.79 Å². The average molecular weight is 772 g/mol. The van der Waals surface area contributed by atoms with Crippen LogP contribution in [0.1, 0.15) is 122 Å². The van der Waals surface area contributed by atoms with Crippen molar-refractivity contribution in [2.45, 2.75) is 122 Å². The SMILES string of the molecule is CCCCCCCCCCCCCCCC(=O)OCCOCCOCCOCCOCCOCCOCCOCCOCCOCCCCCCCl. The van der Waals surface area contributed by atoms with Crippen LogP contribution in [0, 0.1) is 0 Å². The van der Waals surface area contributed by atoms with Crippen molar-refractivity contribution in [2.24, 2.45) is 0 Å². The molecule has 0 N–H and O–H groups in total. The zero-order chi connectivity index (χ0) is 37.5. The second kappa shape index (κ2) is 48.4. The van der Waals surface area contributed by atoms with Crippen molar-refractivity contribution in [2.75, 3.05) is 131 Å². The van der Waals surface area contributed by atoms with Gasteiger partial charge in [0.25, 0.3) is 0 Å². The van der Waals surface area contributed by atoms with Gasteiger partial charge in [-0.25, -0.2) is 0 Å². The molecule has 0 rings (SSSR count). The summed E-state index contributed by atoms with van der Waals surface area (Å²) in [4.78, 5) is 11.9. The molecule has 52 heavy (non-hydrogen) atoms. The molecule has 0 aromatic rings. The molecule has 12 heteroatoms. The quantitative estimate of drug-likeness (QED) is 0.0342. The molecule has 0 spiro atoms. The van der Waals surface area contributed by atoms with Gasteiger partial charge in [0, 0.05) is 18.9 Å². The molecule has 0 atom stereocenters. The first-order chi connectivity index (χ1) is 25.8. The summed E-state index contributed by atoms with van der Waals surface area (Å²) in [5, 5.41) is 0. The van der Waals surface area contributed by atoms with Crippen LogP contribution in [0.5, 0.6) is 0 Å². The molecule has 0 fully saturated rings. The summed E-state index contributed by atoms with van der Waals surface area (Å²) in [5.41, 5.74) is 0. The lowest BCUT2D eigenvalue weighted by molar-refractivity contribution is -0.145. The summed E-state index contributed by atoms with van der Waals surface area (Å²) < 4.78 is 54.7. The molecule has 0 heterocycles. The van der Waals surface area contributed by atoms with Crippen LogP contribution in [0.15, 0.2) is 0 Å². The smallest absolute Gasteiger partial charge is 0.305 e. The van der Waals surface area contributed by atoms with Crippen LogP contribution in [0.2, 0.25) is 0 Å². The standard InChI is InChI=1S/C40H79ClO11/c1-2-3-4-5-6-7-8-9-10-11-12-13-16-19-40(42)52-39-38-51-37-36-50-35-34-49-33-32-48-31-30-47-29-28-46-27-26-45-25-24-44-23-22-43-21-18-15-14-17-20-41/h2-39H2,1H3. The Balaban J connectivity index is 3.12. The number of hydrogen-bond acceptors (Lipinski definition) is 11. The molecule has 11 nitrogen and oxygen atoms in total. The highest BCUT2D eigenvalue weighted by atomic mass is 35.5. The average Bonchev–Trinajstić information content (AvgIpc) is 3.15. The van der Waals surface area contributed by atoms with Crippen molar-refractivity contribution in [3.63, 3.8) is 0 Å². The third-order valence-corrected chi connectivity index (χ3v) is 8.39. The van der Waals surface area contributed by atoms with Crippen LogP contribution in [0.25, 0.3) is 0 Å². The van der Waals surface area contributed by atoms with Crippen LogP contribution >= 0.6 is 11.6 Å². The first-order valence-electron chi connectivity index (χ1n) is 20.7. The Bertz CT molecular complexity index is 663. The fourth-order valence-corrected chi connectivity index (χ4v) is 5.28. The highest BCUT2D eigenvalue weighted by Gasteiger charge is 2.03. The maximum absolute atomic E-state index is 11.9. The van der Waals surface area contributed by atoms with E-state index in [-0.39, 0.29) is 5.97 Å². The minimum atomic E-state index is -0.129. The lowest BCUT2D eigenvalue weighted by Gasteiger charge is -2.09. The number of carbonyl (C=O) groups excluding carboxylic acids is 1. The number of halogens is 1. The van der Waals surface area contributed by atoms with Gasteiger partial charge in [-0.1, -0.05) is 96.8 Å². The third-order valence-electron chi connectivity index (χ3n) is 8.12. The summed E-state index contributed by atoms with van der Waals surface area (Å²) in [6.07, 6.45) is 21.8. The van der Waals surface area contributed by atoms with Crippen molar-refractivity contribution in [3.8, 4) is 0 Å². The van der Waals surface area contributed by atoms with Gasteiger partial charge in [0.2, 0.25) is 0 Å².